The molecular weight excluding hydrogens is 314 g/mol. The van der Waals surface area contributed by atoms with Crippen molar-refractivity contribution >= 4 is 26.0 Å². The highest BCUT2D eigenvalue weighted by Crippen LogP contribution is 2.24. The lowest BCUT2D eigenvalue weighted by Gasteiger charge is -2.28. The normalized spacial score (nSPS) is 19.1. The lowest BCUT2D eigenvalue weighted by atomic mass is 10.1. The van der Waals surface area contributed by atoms with Crippen LogP contribution in [0, 0.1) is 13.8 Å². The first-order valence-corrected chi connectivity index (χ1v) is 8.48. The van der Waals surface area contributed by atoms with Crippen molar-refractivity contribution in [2.24, 2.45) is 0 Å². The summed E-state index contributed by atoms with van der Waals surface area (Å²) in [7, 11) is -3.31. The summed E-state index contributed by atoms with van der Waals surface area (Å²) < 4.78 is 26.5. The Morgan fingerprint density at radius 2 is 1.78 bits per heavy atom. The van der Waals surface area contributed by atoms with Gasteiger partial charge in [-0.1, -0.05) is 22.0 Å². The fraction of sp³-hybridized carbons (Fsp3) is 0.538. The van der Waals surface area contributed by atoms with Gasteiger partial charge in [-0.15, -0.1) is 0 Å². The van der Waals surface area contributed by atoms with Crippen LogP contribution in [0.15, 0.2) is 23.1 Å². The molecule has 1 aromatic rings. The van der Waals surface area contributed by atoms with Crippen molar-refractivity contribution in [3.63, 3.8) is 0 Å². The fourth-order valence-electron chi connectivity index (χ4n) is 2.09. The molecule has 0 aromatic heterocycles. The summed E-state index contributed by atoms with van der Waals surface area (Å²) in [5.41, 5.74) is 2.14. The van der Waals surface area contributed by atoms with E-state index in [2.05, 4.69) is 15.9 Å². The molecule has 0 bridgehead atoms. The van der Waals surface area contributed by atoms with E-state index >= 15 is 0 Å². The quantitative estimate of drug-likeness (QED) is 0.781. The minimum atomic E-state index is -3.31. The van der Waals surface area contributed by atoms with Crippen molar-refractivity contribution < 1.29 is 8.42 Å². The zero-order valence-electron chi connectivity index (χ0n) is 10.7. The van der Waals surface area contributed by atoms with Crippen LogP contribution in [0.2, 0.25) is 0 Å². The van der Waals surface area contributed by atoms with Crippen molar-refractivity contribution in [3.05, 3.63) is 29.3 Å². The van der Waals surface area contributed by atoms with Gasteiger partial charge in [-0.3, -0.25) is 0 Å². The van der Waals surface area contributed by atoms with Gasteiger partial charge >= 0.3 is 0 Å². The molecule has 0 unspecified atom stereocenters. The third kappa shape index (κ3) is 2.78. The Morgan fingerprint density at radius 3 is 2.33 bits per heavy atom. The van der Waals surface area contributed by atoms with Crippen LogP contribution in [0.25, 0.3) is 0 Å². The first-order chi connectivity index (χ1) is 8.41. The van der Waals surface area contributed by atoms with Gasteiger partial charge in [0.05, 0.1) is 4.90 Å². The van der Waals surface area contributed by atoms with E-state index in [-0.39, 0.29) is 0 Å². The van der Waals surface area contributed by atoms with Crippen LogP contribution in [-0.2, 0) is 10.0 Å². The summed E-state index contributed by atoms with van der Waals surface area (Å²) in [5, 5.41) is 0. The highest BCUT2D eigenvalue weighted by atomic mass is 79.9. The molecule has 1 aliphatic rings. The maximum absolute atomic E-state index is 12.5. The lowest BCUT2D eigenvalue weighted by molar-refractivity contribution is 0.354. The molecular formula is C13H18BrNO2S. The van der Waals surface area contributed by atoms with E-state index in [9.17, 15) is 8.42 Å². The number of sulfonamides is 1. The van der Waals surface area contributed by atoms with E-state index in [1.165, 1.54) is 0 Å². The van der Waals surface area contributed by atoms with Crippen LogP contribution >= 0.6 is 15.9 Å². The zero-order valence-corrected chi connectivity index (χ0v) is 13.1. The summed E-state index contributed by atoms with van der Waals surface area (Å²) in [5.74, 6) is 0. The molecule has 0 aliphatic carbocycles. The largest absolute Gasteiger partial charge is 0.243 e. The summed E-state index contributed by atoms with van der Waals surface area (Å²) in [4.78, 5) is 0.863. The third-order valence-corrected chi connectivity index (χ3v) is 6.31. The molecule has 0 saturated carbocycles. The highest BCUT2D eigenvalue weighted by Gasteiger charge is 2.28. The maximum Gasteiger partial charge on any atom is 0.243 e. The smallest absolute Gasteiger partial charge is 0.207 e. The molecule has 18 heavy (non-hydrogen) atoms. The molecule has 3 nitrogen and oxygen atoms in total. The van der Waals surface area contributed by atoms with Crippen LogP contribution in [0.3, 0.4) is 0 Å². The Balaban J connectivity index is 2.27. The fourth-order valence-corrected chi connectivity index (χ4v) is 4.05. The average molecular weight is 332 g/mol. The van der Waals surface area contributed by atoms with Crippen LogP contribution in [0.1, 0.15) is 24.0 Å². The van der Waals surface area contributed by atoms with Crippen molar-refractivity contribution in [2.75, 3.05) is 13.1 Å². The number of benzene rings is 1. The monoisotopic (exact) mass is 331 g/mol. The van der Waals surface area contributed by atoms with E-state index in [1.54, 1.807) is 16.4 Å². The van der Waals surface area contributed by atoms with E-state index in [0.29, 0.717) is 22.8 Å². The maximum atomic E-state index is 12.5. The van der Waals surface area contributed by atoms with Crippen LogP contribution in [0.4, 0.5) is 0 Å². The second-order valence-electron chi connectivity index (χ2n) is 4.82. The van der Waals surface area contributed by atoms with Gasteiger partial charge in [-0.2, -0.15) is 4.31 Å². The molecule has 0 radical (unpaired) electrons. The minimum Gasteiger partial charge on any atom is -0.207 e. The third-order valence-electron chi connectivity index (χ3n) is 3.50. The van der Waals surface area contributed by atoms with Crippen molar-refractivity contribution in [3.8, 4) is 0 Å². The van der Waals surface area contributed by atoms with Gasteiger partial charge in [0, 0.05) is 17.9 Å². The highest BCUT2D eigenvalue weighted by molar-refractivity contribution is 9.09. The van der Waals surface area contributed by atoms with Crippen molar-refractivity contribution in [1.82, 2.24) is 4.31 Å². The zero-order chi connectivity index (χ0) is 13.3. The molecule has 1 fully saturated rings. The van der Waals surface area contributed by atoms with Crippen LogP contribution in [0.5, 0.6) is 0 Å². The van der Waals surface area contributed by atoms with Gasteiger partial charge in [-0.25, -0.2) is 8.42 Å². The van der Waals surface area contributed by atoms with Crippen LogP contribution < -0.4 is 0 Å². The Labute approximate surface area is 117 Å². The number of rotatable bonds is 2. The summed E-state index contributed by atoms with van der Waals surface area (Å²) in [6.07, 6.45) is 1.76. The molecule has 0 spiro atoms. The molecule has 5 heteroatoms. The van der Waals surface area contributed by atoms with Crippen molar-refractivity contribution in [1.29, 1.82) is 0 Å². The SMILES string of the molecule is Cc1ccc(S(=O)(=O)N2CCC(Br)CC2)cc1C. The van der Waals surface area contributed by atoms with Crippen molar-refractivity contribution in [2.45, 2.75) is 36.4 Å². The van der Waals surface area contributed by atoms with Gasteiger partial charge < -0.3 is 0 Å². The van der Waals surface area contributed by atoms with E-state index in [1.807, 2.05) is 19.9 Å². The summed E-state index contributed by atoms with van der Waals surface area (Å²) >= 11 is 3.54. The molecule has 0 amide bonds. The first-order valence-electron chi connectivity index (χ1n) is 6.13. The van der Waals surface area contributed by atoms with Crippen LogP contribution in [-0.4, -0.2) is 30.6 Å². The molecule has 0 atom stereocenters. The Hall–Kier alpha value is -0.390. The molecule has 1 aromatic carbocycles. The molecule has 100 valence electrons. The number of piperidine rings is 1. The number of hydrogen-bond donors (Lipinski definition) is 0. The number of hydrogen-bond acceptors (Lipinski definition) is 2. The standard InChI is InChI=1S/C13H18BrNO2S/c1-10-3-4-13(9-11(10)2)18(16,17)15-7-5-12(14)6-8-15/h3-4,9,12H,5-8H2,1-2H3. The number of alkyl halides is 1. The van der Waals surface area contributed by atoms with Gasteiger partial charge in [0.25, 0.3) is 0 Å². The van der Waals surface area contributed by atoms with E-state index < -0.39 is 10.0 Å². The number of halogens is 1. The van der Waals surface area contributed by atoms with Gasteiger partial charge in [0.15, 0.2) is 0 Å². The minimum absolute atomic E-state index is 0.415. The summed E-state index contributed by atoms with van der Waals surface area (Å²) in [6.45, 7) is 5.14. The van der Waals surface area contributed by atoms with Gasteiger partial charge in [0.1, 0.15) is 0 Å². The molecule has 1 aliphatic heterocycles. The first kappa shape index (κ1) is 14.0. The predicted octanol–water partition coefficient (Wildman–Crippen LogP) is 2.85. The Bertz CT molecular complexity index is 534. The molecule has 0 N–H and O–H groups in total. The van der Waals surface area contributed by atoms with Gasteiger partial charge in [0.2, 0.25) is 10.0 Å². The topological polar surface area (TPSA) is 37.4 Å². The van der Waals surface area contributed by atoms with Gasteiger partial charge in [-0.05, 0) is 49.9 Å². The number of aryl methyl sites for hydroxylation is 2. The predicted molar refractivity (Wildman–Crippen MR) is 76.6 cm³/mol. The second kappa shape index (κ2) is 5.31. The Morgan fingerprint density at radius 1 is 1.17 bits per heavy atom. The molecule has 1 heterocycles. The van der Waals surface area contributed by atoms with E-state index in [4.69, 9.17) is 0 Å². The number of nitrogens with zero attached hydrogens (tertiary/aromatic N) is 1. The lowest BCUT2D eigenvalue weighted by Crippen LogP contribution is -2.38. The Kier molecular flexibility index (Phi) is 4.14. The van der Waals surface area contributed by atoms with E-state index in [0.717, 1.165) is 24.0 Å². The molecule has 2 rings (SSSR count). The second-order valence-corrected chi connectivity index (χ2v) is 8.06. The average Bonchev–Trinajstić information content (AvgIpc) is 2.33. The molecule has 1 saturated heterocycles. The summed E-state index contributed by atoms with van der Waals surface area (Å²) in [6, 6.07) is 5.35.